The van der Waals surface area contributed by atoms with Crippen molar-refractivity contribution in [3.8, 4) is 11.5 Å². The molecule has 6 heteroatoms. The van der Waals surface area contributed by atoms with Gasteiger partial charge in [0, 0.05) is 21.4 Å². The molecule has 0 aliphatic heterocycles. The van der Waals surface area contributed by atoms with Crippen LogP contribution in [0.1, 0.15) is 12.7 Å². The van der Waals surface area contributed by atoms with E-state index in [9.17, 15) is 0 Å². The van der Waals surface area contributed by atoms with Gasteiger partial charge in [-0.15, -0.1) is 0 Å². The molecule has 1 aromatic heterocycles. The third kappa shape index (κ3) is 3.14. The Morgan fingerprint density at radius 1 is 1.41 bits per heavy atom. The van der Waals surface area contributed by atoms with Crippen molar-refractivity contribution in [3.05, 3.63) is 33.0 Å². The van der Waals surface area contributed by atoms with E-state index in [1.54, 1.807) is 0 Å². The number of hydrogen-bond donors (Lipinski definition) is 1. The van der Waals surface area contributed by atoms with Gasteiger partial charge >= 0.3 is 0 Å². The number of nitrogens with two attached hydrogens (primary N) is 1. The lowest BCUT2D eigenvalue weighted by Gasteiger charge is -1.99. The summed E-state index contributed by atoms with van der Waals surface area (Å²) in [5, 5.41) is 3.90. The maximum atomic E-state index is 5.69. The molecule has 4 nitrogen and oxygen atoms in total. The molecule has 2 N–H and O–H groups in total. The van der Waals surface area contributed by atoms with E-state index in [0.717, 1.165) is 14.5 Å². The first-order valence-corrected chi connectivity index (χ1v) is 6.68. The Morgan fingerprint density at radius 3 is 2.88 bits per heavy atom. The minimum atomic E-state index is 0.0198. The molecule has 1 aromatic carbocycles. The minimum absolute atomic E-state index is 0.0198. The summed E-state index contributed by atoms with van der Waals surface area (Å²) in [7, 11) is 0. The Labute approximate surface area is 116 Å². The molecule has 2 aromatic rings. The van der Waals surface area contributed by atoms with E-state index < -0.39 is 0 Å². The van der Waals surface area contributed by atoms with Gasteiger partial charge in [0.2, 0.25) is 0 Å². The summed E-state index contributed by atoms with van der Waals surface area (Å²) in [5.74, 6) is 1.12. The highest BCUT2D eigenvalue weighted by Crippen LogP contribution is 2.29. The molecule has 0 fully saturated rings. The first-order valence-electron chi connectivity index (χ1n) is 5.10. The van der Waals surface area contributed by atoms with Gasteiger partial charge in [-0.05, 0) is 41.1 Å². The van der Waals surface area contributed by atoms with Gasteiger partial charge in [0.15, 0.2) is 5.82 Å². The van der Waals surface area contributed by atoms with Crippen molar-refractivity contribution in [1.82, 2.24) is 10.1 Å². The standard InChI is InChI=1S/C11H11Br2N3O/c1-6(14)4-10-15-11(17-16-10)8-5-7(12)2-3-9(8)13/h2-3,5-6H,4,14H2,1H3. The van der Waals surface area contributed by atoms with Crippen LogP contribution in [0.2, 0.25) is 0 Å². The molecule has 2 rings (SSSR count). The van der Waals surface area contributed by atoms with Crippen molar-refractivity contribution in [3.63, 3.8) is 0 Å². The molecule has 0 saturated carbocycles. The average Bonchev–Trinajstić information content (AvgIpc) is 2.69. The number of benzene rings is 1. The lowest BCUT2D eigenvalue weighted by atomic mass is 10.2. The van der Waals surface area contributed by atoms with Gasteiger partial charge in [-0.3, -0.25) is 0 Å². The number of hydrogen-bond acceptors (Lipinski definition) is 4. The van der Waals surface area contributed by atoms with Crippen molar-refractivity contribution in [2.24, 2.45) is 5.73 Å². The fraction of sp³-hybridized carbons (Fsp3) is 0.273. The van der Waals surface area contributed by atoms with Gasteiger partial charge in [0.1, 0.15) is 0 Å². The Hall–Kier alpha value is -0.720. The molecular weight excluding hydrogens is 350 g/mol. The molecule has 0 aliphatic rings. The van der Waals surface area contributed by atoms with E-state index in [2.05, 4.69) is 42.0 Å². The zero-order chi connectivity index (χ0) is 12.4. The first-order chi connectivity index (χ1) is 8.06. The van der Waals surface area contributed by atoms with Crippen molar-refractivity contribution in [2.45, 2.75) is 19.4 Å². The second-order valence-corrected chi connectivity index (χ2v) is 5.59. The monoisotopic (exact) mass is 359 g/mol. The second-order valence-electron chi connectivity index (χ2n) is 3.82. The van der Waals surface area contributed by atoms with Crippen molar-refractivity contribution in [1.29, 1.82) is 0 Å². The predicted octanol–water partition coefficient (Wildman–Crippen LogP) is 3.15. The van der Waals surface area contributed by atoms with E-state index in [1.807, 2.05) is 25.1 Å². The normalized spacial score (nSPS) is 12.7. The molecule has 0 saturated heterocycles. The average molecular weight is 361 g/mol. The molecule has 1 atom stereocenters. The van der Waals surface area contributed by atoms with Crippen molar-refractivity contribution in [2.75, 3.05) is 0 Å². The topological polar surface area (TPSA) is 64.9 Å². The van der Waals surface area contributed by atoms with Crippen LogP contribution in [0.15, 0.2) is 31.7 Å². The lowest BCUT2D eigenvalue weighted by Crippen LogP contribution is -2.18. The van der Waals surface area contributed by atoms with Crippen LogP contribution in [0.3, 0.4) is 0 Å². The number of nitrogens with zero attached hydrogens (tertiary/aromatic N) is 2. The molecule has 17 heavy (non-hydrogen) atoms. The van der Waals surface area contributed by atoms with Crippen LogP contribution in [-0.4, -0.2) is 16.2 Å². The summed E-state index contributed by atoms with van der Waals surface area (Å²) in [6.45, 7) is 1.91. The molecule has 1 unspecified atom stereocenters. The highest BCUT2D eigenvalue weighted by Gasteiger charge is 2.13. The zero-order valence-electron chi connectivity index (χ0n) is 9.15. The van der Waals surface area contributed by atoms with E-state index >= 15 is 0 Å². The fourth-order valence-corrected chi connectivity index (χ4v) is 2.17. The van der Waals surface area contributed by atoms with E-state index in [-0.39, 0.29) is 6.04 Å². The smallest absolute Gasteiger partial charge is 0.259 e. The molecule has 0 amide bonds. The Balaban J connectivity index is 2.33. The summed E-state index contributed by atoms with van der Waals surface area (Å²) in [5.41, 5.74) is 6.55. The minimum Gasteiger partial charge on any atom is -0.334 e. The fourth-order valence-electron chi connectivity index (χ4n) is 1.40. The largest absolute Gasteiger partial charge is 0.334 e. The van der Waals surface area contributed by atoms with Gasteiger partial charge in [-0.2, -0.15) is 4.98 Å². The van der Waals surface area contributed by atoms with Crippen LogP contribution in [0.4, 0.5) is 0 Å². The molecule has 90 valence electrons. The van der Waals surface area contributed by atoms with E-state index in [0.29, 0.717) is 18.1 Å². The zero-order valence-corrected chi connectivity index (χ0v) is 12.3. The molecule has 0 spiro atoms. The van der Waals surface area contributed by atoms with Gasteiger partial charge in [0.05, 0.1) is 5.56 Å². The number of rotatable bonds is 3. The summed E-state index contributed by atoms with van der Waals surface area (Å²) < 4.78 is 7.09. The van der Waals surface area contributed by atoms with Gasteiger partial charge in [-0.25, -0.2) is 0 Å². The molecule has 0 aliphatic carbocycles. The number of halogens is 2. The maximum absolute atomic E-state index is 5.69. The van der Waals surface area contributed by atoms with Crippen LogP contribution in [0.5, 0.6) is 0 Å². The maximum Gasteiger partial charge on any atom is 0.259 e. The van der Waals surface area contributed by atoms with E-state index in [4.69, 9.17) is 10.3 Å². The summed E-state index contributed by atoms with van der Waals surface area (Å²) >= 11 is 6.86. The summed E-state index contributed by atoms with van der Waals surface area (Å²) in [6.07, 6.45) is 0.606. The van der Waals surface area contributed by atoms with Crippen LogP contribution in [0.25, 0.3) is 11.5 Å². The third-order valence-corrected chi connectivity index (χ3v) is 3.32. The van der Waals surface area contributed by atoms with Crippen LogP contribution in [0, 0.1) is 0 Å². The number of aromatic nitrogens is 2. The SMILES string of the molecule is CC(N)Cc1noc(-c2cc(Br)ccc2Br)n1. The Bertz CT molecular complexity index is 525. The molecular formula is C11H11Br2N3O. The quantitative estimate of drug-likeness (QED) is 0.913. The molecule has 1 heterocycles. The van der Waals surface area contributed by atoms with Crippen molar-refractivity contribution >= 4 is 31.9 Å². The molecule has 0 radical (unpaired) electrons. The Morgan fingerprint density at radius 2 is 2.18 bits per heavy atom. The highest BCUT2D eigenvalue weighted by molar-refractivity contribution is 9.11. The second kappa shape index (κ2) is 5.29. The lowest BCUT2D eigenvalue weighted by molar-refractivity contribution is 0.420. The predicted molar refractivity (Wildman–Crippen MR) is 72.5 cm³/mol. The molecule has 0 bridgehead atoms. The van der Waals surface area contributed by atoms with E-state index in [1.165, 1.54) is 0 Å². The highest BCUT2D eigenvalue weighted by atomic mass is 79.9. The van der Waals surface area contributed by atoms with Gasteiger partial charge in [-0.1, -0.05) is 21.1 Å². The Kier molecular flexibility index (Phi) is 3.96. The first kappa shape index (κ1) is 12.7. The van der Waals surface area contributed by atoms with Crippen LogP contribution in [-0.2, 0) is 6.42 Å². The van der Waals surface area contributed by atoms with Gasteiger partial charge < -0.3 is 10.3 Å². The van der Waals surface area contributed by atoms with Crippen molar-refractivity contribution < 1.29 is 4.52 Å². The van der Waals surface area contributed by atoms with Crippen LogP contribution >= 0.6 is 31.9 Å². The van der Waals surface area contributed by atoms with Gasteiger partial charge in [0.25, 0.3) is 5.89 Å². The third-order valence-electron chi connectivity index (χ3n) is 2.13. The van der Waals surface area contributed by atoms with Crippen LogP contribution < -0.4 is 5.73 Å². The summed E-state index contributed by atoms with van der Waals surface area (Å²) in [4.78, 5) is 4.31. The summed E-state index contributed by atoms with van der Waals surface area (Å²) in [6, 6.07) is 5.81.